The monoisotopic (exact) mass is 579 g/mol. The maximum Gasteiger partial charge on any atom is 0.160 e. The third-order valence-electron chi connectivity index (χ3n) is 8.41. The van der Waals surface area contributed by atoms with Crippen molar-refractivity contribution >= 4 is 53.3 Å². The number of hydrogen-bond acceptors (Lipinski definition) is 3. The highest BCUT2D eigenvalue weighted by Gasteiger charge is 2.18. The molecule has 0 atom stereocenters. The highest BCUT2D eigenvalue weighted by molar-refractivity contribution is 7.26. The summed E-state index contributed by atoms with van der Waals surface area (Å²) in [5, 5.41) is 5.13. The molecule has 9 aromatic rings. The van der Waals surface area contributed by atoms with Gasteiger partial charge in [0.05, 0.1) is 27.1 Å². The largest absolute Gasteiger partial charge is 0.308 e. The summed E-state index contributed by atoms with van der Waals surface area (Å²) in [5.41, 5.74) is 8.47. The number of nitrogens with zero attached hydrogens (tertiary/aromatic N) is 3. The van der Waals surface area contributed by atoms with Crippen molar-refractivity contribution in [3.8, 4) is 39.6 Å². The predicted molar refractivity (Wildman–Crippen MR) is 186 cm³/mol. The van der Waals surface area contributed by atoms with E-state index in [0.717, 1.165) is 39.6 Å². The second kappa shape index (κ2) is 10.0. The molecule has 0 aliphatic rings. The Bertz CT molecular complexity index is 2430. The Labute approximate surface area is 258 Å². The molecule has 0 radical (unpaired) electrons. The summed E-state index contributed by atoms with van der Waals surface area (Å²) in [7, 11) is 0. The van der Waals surface area contributed by atoms with Gasteiger partial charge in [0.2, 0.25) is 0 Å². The fraction of sp³-hybridized carbons (Fsp3) is 0. The number of benzene rings is 6. The summed E-state index contributed by atoms with van der Waals surface area (Å²) in [5.74, 6) is 0.719. The Kier molecular flexibility index (Phi) is 5.68. The minimum Gasteiger partial charge on any atom is -0.308 e. The van der Waals surface area contributed by atoms with Crippen molar-refractivity contribution in [1.82, 2.24) is 14.5 Å². The van der Waals surface area contributed by atoms with E-state index in [4.69, 9.17) is 9.97 Å². The molecule has 0 aliphatic heterocycles. The lowest BCUT2D eigenvalue weighted by Gasteiger charge is -2.12. The lowest BCUT2D eigenvalue weighted by atomic mass is 10.1. The van der Waals surface area contributed by atoms with Gasteiger partial charge in [0.25, 0.3) is 0 Å². The van der Waals surface area contributed by atoms with Crippen molar-refractivity contribution in [3.63, 3.8) is 0 Å². The SMILES string of the molecule is c1ccc(-c2cc(-c3cccc(-n4c5ccccc5c5ccc6c7ccccc7sc6c54)c3)nc(-c3ccccc3)n2)cc1. The number of para-hydroxylation sites is 1. The number of fused-ring (bicyclic) bond motifs is 7. The molecule has 0 N–H and O–H groups in total. The number of rotatable bonds is 4. The van der Waals surface area contributed by atoms with Crippen LogP contribution in [0.25, 0.3) is 81.6 Å². The molecule has 6 aromatic carbocycles. The summed E-state index contributed by atoms with van der Waals surface area (Å²) in [6, 6.07) is 53.5. The van der Waals surface area contributed by atoms with Crippen LogP contribution in [0.2, 0.25) is 0 Å². The second-order valence-corrected chi connectivity index (χ2v) is 12.1. The van der Waals surface area contributed by atoms with Crippen LogP contribution >= 0.6 is 11.3 Å². The van der Waals surface area contributed by atoms with Gasteiger partial charge in [0, 0.05) is 48.6 Å². The molecule has 0 fully saturated rings. The van der Waals surface area contributed by atoms with E-state index in [1.54, 1.807) is 0 Å². The minimum absolute atomic E-state index is 0.719. The minimum atomic E-state index is 0.719. The van der Waals surface area contributed by atoms with Crippen LogP contribution < -0.4 is 0 Å². The van der Waals surface area contributed by atoms with Gasteiger partial charge in [-0.15, -0.1) is 11.3 Å². The van der Waals surface area contributed by atoms with Crippen molar-refractivity contribution in [1.29, 1.82) is 0 Å². The van der Waals surface area contributed by atoms with Crippen LogP contribution in [0, 0.1) is 0 Å². The van der Waals surface area contributed by atoms with Gasteiger partial charge in [-0.1, -0.05) is 121 Å². The first-order valence-corrected chi connectivity index (χ1v) is 15.6. The van der Waals surface area contributed by atoms with E-state index in [-0.39, 0.29) is 0 Å². The van der Waals surface area contributed by atoms with Crippen LogP contribution in [0.3, 0.4) is 0 Å². The predicted octanol–water partition coefficient (Wildman–Crippen LogP) is 10.9. The van der Waals surface area contributed by atoms with Crippen LogP contribution in [-0.4, -0.2) is 14.5 Å². The Morgan fingerprint density at radius 1 is 0.455 bits per heavy atom. The third kappa shape index (κ3) is 3.96. The van der Waals surface area contributed by atoms with Crippen LogP contribution in [0.15, 0.2) is 152 Å². The van der Waals surface area contributed by atoms with Gasteiger partial charge in [0.1, 0.15) is 0 Å². The summed E-state index contributed by atoms with van der Waals surface area (Å²) in [6.07, 6.45) is 0. The molecule has 0 saturated carbocycles. The molecule has 206 valence electrons. The quantitative estimate of drug-likeness (QED) is 0.208. The maximum atomic E-state index is 5.11. The number of hydrogen-bond donors (Lipinski definition) is 0. The molecule has 44 heavy (non-hydrogen) atoms. The van der Waals surface area contributed by atoms with Gasteiger partial charge in [-0.2, -0.15) is 0 Å². The van der Waals surface area contributed by atoms with Gasteiger partial charge in [-0.05, 0) is 30.3 Å². The van der Waals surface area contributed by atoms with Gasteiger partial charge < -0.3 is 4.57 Å². The lowest BCUT2D eigenvalue weighted by molar-refractivity contribution is 1.17. The molecule has 0 unspecified atom stereocenters. The zero-order valence-electron chi connectivity index (χ0n) is 23.7. The fourth-order valence-electron chi connectivity index (χ4n) is 6.37. The van der Waals surface area contributed by atoms with Gasteiger partial charge >= 0.3 is 0 Å². The summed E-state index contributed by atoms with van der Waals surface area (Å²) >= 11 is 1.87. The zero-order valence-corrected chi connectivity index (χ0v) is 24.5. The molecule has 0 amide bonds. The van der Waals surface area contributed by atoms with Crippen molar-refractivity contribution in [3.05, 3.63) is 152 Å². The third-order valence-corrected chi connectivity index (χ3v) is 9.60. The summed E-state index contributed by atoms with van der Waals surface area (Å²) in [6.45, 7) is 0. The Hall–Kier alpha value is -5.58. The Morgan fingerprint density at radius 3 is 1.91 bits per heavy atom. The summed E-state index contributed by atoms with van der Waals surface area (Å²) in [4.78, 5) is 10.1. The molecular formula is C40H25N3S. The van der Waals surface area contributed by atoms with Crippen molar-refractivity contribution in [2.75, 3.05) is 0 Å². The first kappa shape index (κ1) is 25.0. The average molecular weight is 580 g/mol. The molecule has 4 heteroatoms. The van der Waals surface area contributed by atoms with E-state index in [0.29, 0.717) is 0 Å². The molecule has 0 saturated heterocycles. The molecule has 0 spiro atoms. The van der Waals surface area contributed by atoms with E-state index >= 15 is 0 Å². The van der Waals surface area contributed by atoms with Crippen LogP contribution in [0.4, 0.5) is 0 Å². The molecule has 3 aromatic heterocycles. The number of aromatic nitrogens is 3. The standard InChI is InChI=1S/C40H25N3S/c1-3-12-26(13-4-1)34-25-35(42-40(41-34)27-14-5-2-6-15-27)28-16-11-17-29(24-28)43-36-20-9-7-18-30(36)32-22-23-33-31-19-8-10-21-37(31)44-39(33)38(32)43/h1-25H. The topological polar surface area (TPSA) is 30.7 Å². The van der Waals surface area contributed by atoms with Crippen molar-refractivity contribution in [2.45, 2.75) is 0 Å². The van der Waals surface area contributed by atoms with Crippen molar-refractivity contribution in [2.24, 2.45) is 0 Å². The Morgan fingerprint density at radius 2 is 1.09 bits per heavy atom. The lowest BCUT2D eigenvalue weighted by Crippen LogP contribution is -1.97. The molecule has 0 bridgehead atoms. The highest BCUT2D eigenvalue weighted by atomic mass is 32.1. The van der Waals surface area contributed by atoms with Crippen LogP contribution in [0.5, 0.6) is 0 Å². The van der Waals surface area contributed by atoms with E-state index in [1.807, 2.05) is 35.6 Å². The highest BCUT2D eigenvalue weighted by Crippen LogP contribution is 2.43. The smallest absolute Gasteiger partial charge is 0.160 e. The van der Waals surface area contributed by atoms with Crippen LogP contribution in [0.1, 0.15) is 0 Å². The molecule has 3 nitrogen and oxygen atoms in total. The van der Waals surface area contributed by atoms with Gasteiger partial charge in [-0.3, -0.25) is 0 Å². The van der Waals surface area contributed by atoms with E-state index in [1.165, 1.54) is 42.0 Å². The zero-order chi connectivity index (χ0) is 29.0. The van der Waals surface area contributed by atoms with Gasteiger partial charge in [0.15, 0.2) is 5.82 Å². The average Bonchev–Trinajstić information content (AvgIpc) is 3.65. The van der Waals surface area contributed by atoms with E-state index in [2.05, 4.69) is 132 Å². The van der Waals surface area contributed by atoms with Gasteiger partial charge in [-0.25, -0.2) is 9.97 Å². The first-order chi connectivity index (χ1) is 21.8. The maximum absolute atomic E-state index is 5.11. The second-order valence-electron chi connectivity index (χ2n) is 11.0. The first-order valence-electron chi connectivity index (χ1n) is 14.8. The van der Waals surface area contributed by atoms with Crippen LogP contribution in [-0.2, 0) is 0 Å². The molecule has 0 aliphatic carbocycles. The van der Waals surface area contributed by atoms with E-state index < -0.39 is 0 Å². The normalized spacial score (nSPS) is 11.6. The Balaban J connectivity index is 1.30. The fourth-order valence-corrected chi connectivity index (χ4v) is 7.61. The summed E-state index contributed by atoms with van der Waals surface area (Å²) < 4.78 is 5.05. The van der Waals surface area contributed by atoms with Crippen molar-refractivity contribution < 1.29 is 0 Å². The molecule has 3 heterocycles. The van der Waals surface area contributed by atoms with E-state index in [9.17, 15) is 0 Å². The molecule has 9 rings (SSSR count). The molecular weight excluding hydrogens is 555 g/mol. The number of thiophene rings is 1.